The third-order valence-corrected chi connectivity index (χ3v) is 12.9. The number of carbonyl (C=O) groups is 4. The van der Waals surface area contributed by atoms with E-state index in [4.69, 9.17) is 14.6 Å². The average molecular weight is 860 g/mol. The summed E-state index contributed by atoms with van der Waals surface area (Å²) in [5.74, 6) is -1.80. The number of β-lactam (4-membered cyclic amide) rings is 1. The van der Waals surface area contributed by atoms with E-state index in [1.54, 1.807) is 38.3 Å². The molecule has 1 aromatic heterocycles. The van der Waals surface area contributed by atoms with E-state index in [-0.39, 0.29) is 29.6 Å². The molecule has 0 spiro atoms. The maximum Gasteiger partial charge on any atom is 0.355 e. The van der Waals surface area contributed by atoms with Gasteiger partial charge in [0.05, 0.1) is 29.9 Å². The zero-order valence-corrected chi connectivity index (χ0v) is 35.5. The maximum atomic E-state index is 14.1. The molecule has 3 amide bonds. The number of ether oxygens (including phenoxy) is 1. The number of benzene rings is 4. The van der Waals surface area contributed by atoms with E-state index in [0.717, 1.165) is 28.8 Å². The lowest BCUT2D eigenvalue weighted by Gasteiger charge is -2.50. The van der Waals surface area contributed by atoms with Gasteiger partial charge < -0.3 is 24.9 Å². The summed E-state index contributed by atoms with van der Waals surface area (Å²) in [4.78, 5) is 66.7. The van der Waals surface area contributed by atoms with Crippen LogP contribution in [0.15, 0.2) is 137 Å². The van der Waals surface area contributed by atoms with E-state index in [0.29, 0.717) is 27.7 Å². The third-order valence-electron chi connectivity index (χ3n) is 9.97. The number of thiazole rings is 1. The minimum Gasteiger partial charge on any atom is -0.455 e. The van der Waals surface area contributed by atoms with E-state index in [1.807, 2.05) is 66.7 Å². The molecule has 60 heavy (non-hydrogen) atoms. The minimum atomic E-state index is -0.999. The van der Waals surface area contributed by atoms with Gasteiger partial charge in [-0.2, -0.15) is 0 Å². The van der Waals surface area contributed by atoms with Gasteiger partial charge in [-0.05, 0) is 55.2 Å². The van der Waals surface area contributed by atoms with Crippen molar-refractivity contribution in [2.75, 3.05) is 29.4 Å². The van der Waals surface area contributed by atoms with Gasteiger partial charge in [-0.25, -0.2) is 9.78 Å². The molecule has 0 aliphatic carbocycles. The van der Waals surface area contributed by atoms with Gasteiger partial charge in [-0.15, -0.1) is 23.1 Å². The molecular formula is C44H41N7O6S3. The van der Waals surface area contributed by atoms with Crippen molar-refractivity contribution in [1.29, 1.82) is 0 Å². The van der Waals surface area contributed by atoms with Crippen molar-refractivity contribution in [2.45, 2.75) is 43.3 Å². The minimum absolute atomic E-state index is 0.0604. The van der Waals surface area contributed by atoms with Crippen LogP contribution in [0.5, 0.6) is 0 Å². The topological polar surface area (TPSA) is 155 Å². The van der Waals surface area contributed by atoms with E-state index in [2.05, 4.69) is 56.9 Å². The Morgan fingerprint density at radius 1 is 0.883 bits per heavy atom. The molecule has 13 nitrogen and oxygen atoms in total. The van der Waals surface area contributed by atoms with Crippen LogP contribution in [0.2, 0.25) is 0 Å². The molecule has 3 N–H and O–H groups in total. The molecule has 3 aliphatic heterocycles. The first kappa shape index (κ1) is 40.7. The van der Waals surface area contributed by atoms with Crippen LogP contribution in [-0.2, 0) is 29.5 Å². The van der Waals surface area contributed by atoms with Crippen LogP contribution in [0.3, 0.4) is 0 Å². The number of oxime groups is 1. The van der Waals surface area contributed by atoms with Crippen molar-refractivity contribution in [3.63, 3.8) is 0 Å². The zero-order chi connectivity index (χ0) is 42.0. The first-order valence-corrected chi connectivity index (χ1v) is 21.8. The molecule has 4 heterocycles. The van der Waals surface area contributed by atoms with Crippen LogP contribution in [0.25, 0.3) is 0 Å². The SMILES string of the molecule is CON=C(C(=O)N[C@@H]1C(=O)N2C(C(=O)OC(C)(C)C)=C(CN3SNc4ccccc4C3=O)CS[C@H]12)c1csc(NC(c2ccccc2)(c2ccccc2)c2ccccc2)n1. The van der Waals surface area contributed by atoms with Crippen molar-refractivity contribution in [3.8, 4) is 0 Å². The summed E-state index contributed by atoms with van der Waals surface area (Å²) in [5, 5.41) is 12.2. The first-order valence-electron chi connectivity index (χ1n) is 19.0. The Morgan fingerprint density at radius 2 is 1.48 bits per heavy atom. The number of carbonyl (C=O) groups excluding carboxylic acids is 4. The monoisotopic (exact) mass is 859 g/mol. The predicted molar refractivity (Wildman–Crippen MR) is 235 cm³/mol. The number of rotatable bonds is 12. The average Bonchev–Trinajstić information content (AvgIpc) is 3.72. The van der Waals surface area contributed by atoms with Crippen LogP contribution in [0, 0.1) is 0 Å². The molecule has 16 heteroatoms. The highest BCUT2D eigenvalue weighted by Crippen LogP contribution is 2.43. The van der Waals surface area contributed by atoms with E-state index < -0.39 is 40.3 Å². The van der Waals surface area contributed by atoms with Crippen molar-refractivity contribution in [3.05, 3.63) is 160 Å². The lowest BCUT2D eigenvalue weighted by Crippen LogP contribution is -2.71. The Labute approximate surface area is 359 Å². The van der Waals surface area contributed by atoms with Gasteiger partial charge >= 0.3 is 5.97 Å². The number of fused-ring (bicyclic) bond motifs is 2. The summed E-state index contributed by atoms with van der Waals surface area (Å²) in [6.45, 7) is 5.29. The standard InChI is InChI=1S/C44H41N7O6S3/c1-43(2,3)57-41(55)36-27(24-50-38(53)31-22-14-15-23-32(31)49-60-50)25-58-40-35(39(54)51(36)40)46-37(52)34(48-56-4)33-26-59-42(45-33)47-44(28-16-8-5-9-17-28,29-18-10-6-11-19-29)30-20-12-7-13-21-30/h5-23,26,35,40,49H,24-25H2,1-4H3,(H,45,47)(H,46,52)/t35-,40-/m1/s1. The smallest absolute Gasteiger partial charge is 0.355 e. The normalized spacial score (nSPS) is 17.8. The number of hydrogen-bond acceptors (Lipinski definition) is 13. The highest BCUT2D eigenvalue weighted by molar-refractivity contribution is 8.00. The molecule has 4 aromatic carbocycles. The van der Waals surface area contributed by atoms with E-state index >= 15 is 0 Å². The molecular weight excluding hydrogens is 819 g/mol. The van der Waals surface area contributed by atoms with Crippen molar-refractivity contribution in [2.24, 2.45) is 5.16 Å². The van der Waals surface area contributed by atoms with Gasteiger partial charge in [0.25, 0.3) is 17.7 Å². The van der Waals surface area contributed by atoms with Gasteiger partial charge in [-0.3, -0.25) is 23.6 Å². The fourth-order valence-electron chi connectivity index (χ4n) is 7.32. The molecule has 2 atom stereocenters. The Hall–Kier alpha value is -6.10. The highest BCUT2D eigenvalue weighted by atomic mass is 32.2. The van der Waals surface area contributed by atoms with Gasteiger partial charge in [0.1, 0.15) is 41.1 Å². The number of para-hydroxylation sites is 1. The summed E-state index contributed by atoms with van der Waals surface area (Å²) in [6.07, 6.45) is 0. The molecule has 0 radical (unpaired) electrons. The zero-order valence-electron chi connectivity index (χ0n) is 33.1. The quantitative estimate of drug-likeness (QED) is 0.0296. The number of anilines is 2. The second-order valence-electron chi connectivity index (χ2n) is 15.0. The second kappa shape index (κ2) is 16.9. The van der Waals surface area contributed by atoms with E-state index in [1.165, 1.54) is 39.4 Å². The number of nitrogens with one attached hydrogen (secondary N) is 3. The first-order chi connectivity index (χ1) is 29.0. The lowest BCUT2D eigenvalue weighted by atomic mass is 9.77. The largest absolute Gasteiger partial charge is 0.455 e. The second-order valence-corrected chi connectivity index (χ2v) is 17.8. The van der Waals surface area contributed by atoms with Crippen molar-refractivity contribution < 1.29 is 28.8 Å². The third kappa shape index (κ3) is 7.85. The Bertz CT molecular complexity index is 2390. The summed E-state index contributed by atoms with van der Waals surface area (Å²) in [7, 11) is 1.33. The number of nitrogens with zero attached hydrogens (tertiary/aromatic N) is 4. The molecule has 5 aromatic rings. The number of esters is 1. The van der Waals surface area contributed by atoms with Crippen LogP contribution >= 0.6 is 35.2 Å². The number of hydrogen-bond donors (Lipinski definition) is 3. The molecule has 0 bridgehead atoms. The maximum absolute atomic E-state index is 14.1. The summed E-state index contributed by atoms with van der Waals surface area (Å²) >= 11 is 3.79. The van der Waals surface area contributed by atoms with E-state index in [9.17, 15) is 19.2 Å². The Morgan fingerprint density at radius 3 is 2.08 bits per heavy atom. The van der Waals surface area contributed by atoms with Crippen molar-refractivity contribution in [1.82, 2.24) is 19.5 Å². The molecule has 1 saturated heterocycles. The fraction of sp³-hybridized carbons (Fsp3) is 0.227. The van der Waals surface area contributed by atoms with Gasteiger partial charge in [0.15, 0.2) is 10.8 Å². The lowest BCUT2D eigenvalue weighted by molar-refractivity contribution is -0.158. The van der Waals surface area contributed by atoms with Gasteiger partial charge in [-0.1, -0.05) is 108 Å². The van der Waals surface area contributed by atoms with Crippen LogP contribution in [0.1, 0.15) is 53.5 Å². The summed E-state index contributed by atoms with van der Waals surface area (Å²) in [6, 6.07) is 36.4. The number of aromatic nitrogens is 1. The van der Waals surface area contributed by atoms with Crippen molar-refractivity contribution >= 4 is 75.5 Å². The number of amides is 3. The predicted octanol–water partition coefficient (Wildman–Crippen LogP) is 7.02. The Kier molecular flexibility index (Phi) is 11.4. The molecule has 0 saturated carbocycles. The highest BCUT2D eigenvalue weighted by Gasteiger charge is 2.55. The van der Waals surface area contributed by atoms with Crippen LogP contribution in [0.4, 0.5) is 10.8 Å². The van der Waals surface area contributed by atoms with Crippen LogP contribution in [-0.4, -0.2) is 80.0 Å². The summed E-state index contributed by atoms with van der Waals surface area (Å²) in [5.41, 5.74) is 3.13. The molecule has 306 valence electrons. The summed E-state index contributed by atoms with van der Waals surface area (Å²) < 4.78 is 10.5. The fourth-order valence-corrected chi connectivity index (χ4v) is 10.2. The number of thioether (sulfide) groups is 1. The molecule has 1 fully saturated rings. The van der Waals surface area contributed by atoms with Gasteiger partial charge in [0, 0.05) is 11.1 Å². The van der Waals surface area contributed by atoms with Crippen LogP contribution < -0.4 is 15.4 Å². The molecule has 3 aliphatic rings. The molecule has 0 unspecified atom stereocenters. The Balaban J connectivity index is 1.05. The van der Waals surface area contributed by atoms with Gasteiger partial charge in [0.2, 0.25) is 0 Å². The molecule has 8 rings (SSSR count).